The molecule has 21 heavy (non-hydrogen) atoms. The molecule has 0 aliphatic carbocycles. The number of rotatable bonds is 7. The van der Waals surface area contributed by atoms with Crippen LogP contribution in [0.5, 0.6) is 0 Å². The average molecular weight is 356 g/mol. The third kappa shape index (κ3) is 5.99. The van der Waals surface area contributed by atoms with Crippen molar-refractivity contribution in [1.29, 1.82) is 0 Å². The summed E-state index contributed by atoms with van der Waals surface area (Å²) in [6.07, 6.45) is 3.85. The molecule has 0 unspecified atom stereocenters. The number of nitrogens with one attached hydrogen (secondary N) is 1. The highest BCUT2D eigenvalue weighted by Crippen LogP contribution is 2.15. The van der Waals surface area contributed by atoms with E-state index in [0.717, 1.165) is 10.2 Å². The molecule has 0 amide bonds. The third-order valence-electron chi connectivity index (χ3n) is 2.76. The molecule has 0 saturated heterocycles. The number of allylic oxidation sites excluding steroid dienone is 1. The van der Waals surface area contributed by atoms with E-state index in [2.05, 4.69) is 30.7 Å². The summed E-state index contributed by atoms with van der Waals surface area (Å²) >= 11 is 3.39. The molecule has 0 aliphatic rings. The van der Waals surface area contributed by atoms with Gasteiger partial charge in [0, 0.05) is 16.7 Å². The van der Waals surface area contributed by atoms with Crippen molar-refractivity contribution in [2.75, 3.05) is 26.1 Å². The zero-order valence-corrected chi connectivity index (χ0v) is 13.6. The number of carbonyl (C=O) groups excluding carboxylic acids is 2. The summed E-state index contributed by atoms with van der Waals surface area (Å²) < 4.78 is 10.2. The summed E-state index contributed by atoms with van der Waals surface area (Å²) in [5.74, 6) is -2.10. The van der Waals surface area contributed by atoms with Gasteiger partial charge >= 0.3 is 11.9 Å². The summed E-state index contributed by atoms with van der Waals surface area (Å²) in [7, 11) is 2.49. The fourth-order valence-corrected chi connectivity index (χ4v) is 2.06. The first-order valence-electron chi connectivity index (χ1n) is 6.38. The number of halogens is 1. The number of methoxy groups -OCH3 is 2. The first-order valence-corrected chi connectivity index (χ1v) is 7.18. The largest absolute Gasteiger partial charge is 0.468 e. The monoisotopic (exact) mass is 355 g/mol. The minimum Gasteiger partial charge on any atom is -0.468 e. The number of hydrogen-bond acceptors (Lipinski definition) is 5. The molecule has 0 aromatic heterocycles. The number of ether oxygens (including phenoxy) is 2. The minimum absolute atomic E-state index is 0.250. The fraction of sp³-hybridized carbons (Fsp3) is 0.333. The smallest absolute Gasteiger partial charge is 0.320 e. The van der Waals surface area contributed by atoms with Gasteiger partial charge in [-0.25, -0.2) is 0 Å². The van der Waals surface area contributed by atoms with Gasteiger partial charge in [0.25, 0.3) is 0 Å². The average Bonchev–Trinajstić information content (AvgIpc) is 2.49. The van der Waals surface area contributed by atoms with Crippen molar-refractivity contribution >= 4 is 33.6 Å². The first kappa shape index (κ1) is 17.2. The van der Waals surface area contributed by atoms with Crippen LogP contribution >= 0.6 is 15.9 Å². The number of hydrogen-bond donors (Lipinski definition) is 1. The maximum atomic E-state index is 11.5. The first-order chi connectivity index (χ1) is 10.1. The molecule has 6 heteroatoms. The van der Waals surface area contributed by atoms with Crippen molar-refractivity contribution < 1.29 is 19.1 Å². The van der Waals surface area contributed by atoms with Gasteiger partial charge in [0.2, 0.25) is 0 Å². The van der Waals surface area contributed by atoms with Gasteiger partial charge in [-0.05, 0) is 24.6 Å². The van der Waals surface area contributed by atoms with Crippen LogP contribution in [0.2, 0.25) is 0 Å². The number of benzene rings is 1. The summed E-state index contributed by atoms with van der Waals surface area (Å²) in [6.45, 7) is 0.589. The Morgan fingerprint density at radius 2 is 1.90 bits per heavy atom. The summed E-state index contributed by atoms with van der Waals surface area (Å²) in [6, 6.07) is 7.78. The van der Waals surface area contributed by atoms with Gasteiger partial charge in [-0.3, -0.25) is 9.59 Å². The molecule has 1 rings (SSSR count). The minimum atomic E-state index is -0.915. The van der Waals surface area contributed by atoms with Crippen molar-refractivity contribution in [3.8, 4) is 0 Å². The van der Waals surface area contributed by atoms with Crippen LogP contribution in [0.4, 0.5) is 5.69 Å². The van der Waals surface area contributed by atoms with Crippen LogP contribution in [0.3, 0.4) is 0 Å². The van der Waals surface area contributed by atoms with Gasteiger partial charge in [0.05, 0.1) is 14.2 Å². The molecule has 0 radical (unpaired) electrons. The lowest BCUT2D eigenvalue weighted by Gasteiger charge is -2.09. The molecular formula is C15H18BrNO4. The Bertz CT molecular complexity index is 500. The van der Waals surface area contributed by atoms with E-state index in [9.17, 15) is 9.59 Å². The molecule has 5 nitrogen and oxygen atoms in total. The molecule has 0 aliphatic heterocycles. The highest BCUT2D eigenvalue weighted by Gasteiger charge is 2.26. The lowest BCUT2D eigenvalue weighted by atomic mass is 10.1. The molecule has 0 atom stereocenters. The summed E-state index contributed by atoms with van der Waals surface area (Å²) in [4.78, 5) is 22.9. The van der Waals surface area contributed by atoms with E-state index in [4.69, 9.17) is 0 Å². The van der Waals surface area contributed by atoms with Gasteiger partial charge < -0.3 is 14.8 Å². The Hall–Kier alpha value is -1.82. The van der Waals surface area contributed by atoms with Crippen molar-refractivity contribution in [3.63, 3.8) is 0 Å². The normalized spacial score (nSPS) is 10.7. The maximum Gasteiger partial charge on any atom is 0.320 e. The van der Waals surface area contributed by atoms with E-state index >= 15 is 0 Å². The summed E-state index contributed by atoms with van der Waals surface area (Å²) in [5.41, 5.74) is 0.978. The maximum absolute atomic E-state index is 11.5. The number of carbonyl (C=O) groups is 2. The quantitative estimate of drug-likeness (QED) is 0.462. The Morgan fingerprint density at radius 3 is 2.48 bits per heavy atom. The van der Waals surface area contributed by atoms with E-state index in [-0.39, 0.29) is 6.42 Å². The Labute approximate surface area is 132 Å². The van der Waals surface area contributed by atoms with Crippen LogP contribution in [0, 0.1) is 5.92 Å². The van der Waals surface area contributed by atoms with E-state index < -0.39 is 17.9 Å². The molecule has 114 valence electrons. The van der Waals surface area contributed by atoms with Crippen LogP contribution < -0.4 is 5.32 Å². The van der Waals surface area contributed by atoms with Gasteiger partial charge in [-0.1, -0.05) is 34.1 Å². The Kier molecular flexibility index (Phi) is 7.53. The van der Waals surface area contributed by atoms with E-state index in [0.29, 0.717) is 6.54 Å². The van der Waals surface area contributed by atoms with Crippen molar-refractivity contribution in [2.24, 2.45) is 5.92 Å². The summed E-state index contributed by atoms with van der Waals surface area (Å²) in [5, 5.41) is 3.20. The highest BCUT2D eigenvalue weighted by molar-refractivity contribution is 9.10. The number of esters is 2. The fourth-order valence-electron chi connectivity index (χ4n) is 1.66. The van der Waals surface area contributed by atoms with Crippen LogP contribution in [0.25, 0.3) is 0 Å². The van der Waals surface area contributed by atoms with E-state index in [1.54, 1.807) is 6.08 Å². The van der Waals surface area contributed by atoms with Gasteiger partial charge in [0.15, 0.2) is 5.92 Å². The van der Waals surface area contributed by atoms with Gasteiger partial charge in [-0.2, -0.15) is 0 Å². The van der Waals surface area contributed by atoms with Crippen molar-refractivity contribution in [2.45, 2.75) is 6.42 Å². The topological polar surface area (TPSA) is 64.6 Å². The standard InChI is InChI=1S/C15H18BrNO4/c1-20-14(18)13(15(19)21-2)8-3-4-9-17-12-7-5-6-11(16)10-12/h3-7,10,13,17H,8-9H2,1-2H3/b4-3+. The van der Waals surface area contributed by atoms with Crippen LogP contribution in [-0.2, 0) is 19.1 Å². The van der Waals surface area contributed by atoms with Crippen LogP contribution in [0.15, 0.2) is 40.9 Å². The molecule has 1 aromatic rings. The molecule has 0 saturated carbocycles. The lowest BCUT2D eigenvalue weighted by molar-refractivity contribution is -0.158. The second kappa shape index (κ2) is 9.18. The van der Waals surface area contributed by atoms with E-state index in [1.807, 2.05) is 30.3 Å². The second-order valence-electron chi connectivity index (χ2n) is 4.20. The predicted molar refractivity (Wildman–Crippen MR) is 83.9 cm³/mol. The molecule has 1 aromatic carbocycles. The van der Waals surface area contributed by atoms with Crippen LogP contribution in [0.1, 0.15) is 6.42 Å². The van der Waals surface area contributed by atoms with Crippen molar-refractivity contribution in [3.05, 3.63) is 40.9 Å². The molecular weight excluding hydrogens is 338 g/mol. The predicted octanol–water partition coefficient (Wildman–Crippen LogP) is 2.77. The molecule has 0 bridgehead atoms. The Balaban J connectivity index is 2.45. The van der Waals surface area contributed by atoms with Gasteiger partial charge in [-0.15, -0.1) is 0 Å². The molecule has 0 spiro atoms. The molecule has 0 heterocycles. The third-order valence-corrected chi connectivity index (χ3v) is 3.25. The van der Waals surface area contributed by atoms with Crippen LogP contribution in [-0.4, -0.2) is 32.7 Å². The van der Waals surface area contributed by atoms with E-state index in [1.165, 1.54) is 14.2 Å². The second-order valence-corrected chi connectivity index (χ2v) is 5.11. The SMILES string of the molecule is COC(=O)C(C/C=C/CNc1cccc(Br)c1)C(=O)OC. The van der Waals surface area contributed by atoms with Gasteiger partial charge in [0.1, 0.15) is 0 Å². The highest BCUT2D eigenvalue weighted by atomic mass is 79.9. The zero-order valence-electron chi connectivity index (χ0n) is 12.0. The lowest BCUT2D eigenvalue weighted by Crippen LogP contribution is -2.25. The number of anilines is 1. The Morgan fingerprint density at radius 1 is 1.24 bits per heavy atom. The molecule has 0 fully saturated rings. The molecule has 1 N–H and O–H groups in total. The van der Waals surface area contributed by atoms with Crippen molar-refractivity contribution in [1.82, 2.24) is 0 Å². The zero-order chi connectivity index (χ0) is 15.7.